The summed E-state index contributed by atoms with van der Waals surface area (Å²) >= 11 is 5.19. The highest BCUT2D eigenvalue weighted by Crippen LogP contribution is 2.48. The quantitative estimate of drug-likeness (QED) is 0.687. The Kier molecular flexibility index (Phi) is 4.17. The molecule has 82 valence electrons. The highest BCUT2D eigenvalue weighted by molar-refractivity contribution is 7.80. The molecule has 0 aromatic rings. The molecule has 2 nitrogen and oxygen atoms in total. The van der Waals surface area contributed by atoms with Crippen LogP contribution in [-0.2, 0) is 0 Å². The second-order valence-corrected chi connectivity index (χ2v) is 5.14. The van der Waals surface area contributed by atoms with E-state index in [0.29, 0.717) is 11.5 Å². The maximum Gasteiger partial charge on any atom is 0.166 e. The van der Waals surface area contributed by atoms with Gasteiger partial charge in [-0.2, -0.15) is 0 Å². The van der Waals surface area contributed by atoms with Crippen LogP contribution < -0.4 is 10.6 Å². The van der Waals surface area contributed by atoms with Gasteiger partial charge in [0.1, 0.15) is 0 Å². The van der Waals surface area contributed by atoms with Crippen molar-refractivity contribution in [3.05, 3.63) is 0 Å². The lowest BCUT2D eigenvalue weighted by atomic mass is 10.0. The molecule has 0 unspecified atom stereocenters. The predicted molar refractivity (Wildman–Crippen MR) is 65.4 cm³/mol. The maximum atomic E-state index is 5.19. The molecule has 1 rings (SSSR count). The zero-order chi connectivity index (χ0) is 10.6. The number of nitrogens with one attached hydrogen (secondary N) is 2. The third-order valence-corrected chi connectivity index (χ3v) is 3.04. The molecule has 0 amide bonds. The first-order valence-electron chi connectivity index (χ1n) is 5.62. The zero-order valence-corrected chi connectivity index (χ0v) is 10.3. The first kappa shape index (κ1) is 11.8. The molecule has 0 aromatic heterocycles. The minimum absolute atomic E-state index is 0.427. The molecule has 1 aliphatic carbocycles. The van der Waals surface area contributed by atoms with Crippen molar-refractivity contribution < 1.29 is 0 Å². The lowest BCUT2D eigenvalue weighted by Crippen LogP contribution is -2.41. The lowest BCUT2D eigenvalue weighted by molar-refractivity contribution is 0.450. The maximum absolute atomic E-state index is 5.19. The minimum atomic E-state index is 0.427. The van der Waals surface area contributed by atoms with Crippen LogP contribution in [0.5, 0.6) is 0 Å². The molecule has 0 aliphatic heterocycles. The molecule has 1 aliphatic rings. The van der Waals surface area contributed by atoms with Gasteiger partial charge in [0.2, 0.25) is 0 Å². The van der Waals surface area contributed by atoms with Crippen LogP contribution in [-0.4, -0.2) is 17.7 Å². The summed E-state index contributed by atoms with van der Waals surface area (Å²) in [5.41, 5.74) is 0.581. The Balaban J connectivity index is 2.17. The van der Waals surface area contributed by atoms with Gasteiger partial charge in [0, 0.05) is 12.6 Å². The van der Waals surface area contributed by atoms with Crippen molar-refractivity contribution in [1.29, 1.82) is 0 Å². The summed E-state index contributed by atoms with van der Waals surface area (Å²) in [6.45, 7) is 7.52. The van der Waals surface area contributed by atoms with Crippen LogP contribution in [0.1, 0.15) is 46.5 Å². The smallest absolute Gasteiger partial charge is 0.166 e. The van der Waals surface area contributed by atoms with Gasteiger partial charge in [-0.25, -0.2) is 0 Å². The molecule has 0 radical (unpaired) electrons. The Morgan fingerprint density at radius 1 is 1.43 bits per heavy atom. The van der Waals surface area contributed by atoms with E-state index < -0.39 is 0 Å². The summed E-state index contributed by atoms with van der Waals surface area (Å²) in [6.07, 6.45) is 5.37. The fourth-order valence-corrected chi connectivity index (χ4v) is 2.11. The SMILES string of the molecule is CCCC1(CNC(=S)NC(C)C)CC1. The first-order chi connectivity index (χ1) is 6.58. The monoisotopic (exact) mass is 214 g/mol. The Morgan fingerprint density at radius 2 is 2.07 bits per heavy atom. The molecule has 0 spiro atoms. The van der Waals surface area contributed by atoms with Crippen LogP contribution in [0.2, 0.25) is 0 Å². The van der Waals surface area contributed by atoms with Crippen LogP contribution in [0.4, 0.5) is 0 Å². The van der Waals surface area contributed by atoms with E-state index in [1.165, 1.54) is 25.7 Å². The third-order valence-electron chi connectivity index (χ3n) is 2.78. The molecule has 2 N–H and O–H groups in total. The highest BCUT2D eigenvalue weighted by atomic mass is 32.1. The average Bonchev–Trinajstić information content (AvgIpc) is 2.82. The van der Waals surface area contributed by atoms with Crippen molar-refractivity contribution in [3.63, 3.8) is 0 Å². The average molecular weight is 214 g/mol. The van der Waals surface area contributed by atoms with Crippen molar-refractivity contribution in [2.75, 3.05) is 6.54 Å². The van der Waals surface area contributed by atoms with Gasteiger partial charge in [0.05, 0.1) is 0 Å². The normalized spacial score (nSPS) is 18.0. The summed E-state index contributed by atoms with van der Waals surface area (Å²) in [6, 6.07) is 0.427. The lowest BCUT2D eigenvalue weighted by Gasteiger charge is -2.18. The van der Waals surface area contributed by atoms with Gasteiger partial charge < -0.3 is 10.6 Å². The van der Waals surface area contributed by atoms with E-state index in [9.17, 15) is 0 Å². The topological polar surface area (TPSA) is 24.1 Å². The van der Waals surface area contributed by atoms with E-state index in [1.54, 1.807) is 0 Å². The number of hydrogen-bond acceptors (Lipinski definition) is 1. The number of hydrogen-bond donors (Lipinski definition) is 2. The van der Waals surface area contributed by atoms with Gasteiger partial charge in [-0.05, 0) is 50.7 Å². The summed E-state index contributed by atoms with van der Waals surface area (Å²) < 4.78 is 0. The fraction of sp³-hybridized carbons (Fsp3) is 0.909. The van der Waals surface area contributed by atoms with Crippen molar-refractivity contribution in [2.45, 2.75) is 52.5 Å². The second kappa shape index (κ2) is 4.96. The first-order valence-corrected chi connectivity index (χ1v) is 6.03. The van der Waals surface area contributed by atoms with Crippen molar-refractivity contribution in [2.24, 2.45) is 5.41 Å². The van der Waals surface area contributed by atoms with E-state index in [-0.39, 0.29) is 0 Å². The van der Waals surface area contributed by atoms with E-state index in [1.807, 2.05) is 0 Å². The molecule has 3 heteroatoms. The summed E-state index contributed by atoms with van der Waals surface area (Å²) in [5, 5.41) is 7.34. The van der Waals surface area contributed by atoms with Gasteiger partial charge in [-0.15, -0.1) is 0 Å². The van der Waals surface area contributed by atoms with Gasteiger partial charge >= 0.3 is 0 Å². The highest BCUT2D eigenvalue weighted by Gasteiger charge is 2.41. The van der Waals surface area contributed by atoms with Crippen LogP contribution in [0, 0.1) is 5.41 Å². The van der Waals surface area contributed by atoms with E-state index in [0.717, 1.165) is 11.7 Å². The Hall–Kier alpha value is -0.310. The zero-order valence-electron chi connectivity index (χ0n) is 9.52. The molecular weight excluding hydrogens is 192 g/mol. The molecule has 0 atom stereocenters. The van der Waals surface area contributed by atoms with Crippen molar-refractivity contribution >= 4 is 17.3 Å². The Labute approximate surface area is 92.8 Å². The van der Waals surface area contributed by atoms with E-state index in [4.69, 9.17) is 12.2 Å². The van der Waals surface area contributed by atoms with E-state index in [2.05, 4.69) is 31.4 Å². The molecule has 1 fully saturated rings. The molecule has 0 aromatic carbocycles. The molecule has 0 bridgehead atoms. The van der Waals surface area contributed by atoms with Crippen LogP contribution in [0.3, 0.4) is 0 Å². The van der Waals surface area contributed by atoms with Crippen molar-refractivity contribution in [1.82, 2.24) is 10.6 Å². The van der Waals surface area contributed by atoms with Gasteiger partial charge in [0.15, 0.2) is 5.11 Å². The third kappa shape index (κ3) is 3.82. The molecule has 14 heavy (non-hydrogen) atoms. The summed E-state index contributed by atoms with van der Waals surface area (Å²) in [7, 11) is 0. The molecular formula is C11H22N2S. The van der Waals surface area contributed by atoms with Crippen LogP contribution in [0.25, 0.3) is 0 Å². The molecule has 1 saturated carbocycles. The van der Waals surface area contributed by atoms with E-state index >= 15 is 0 Å². The summed E-state index contributed by atoms with van der Waals surface area (Å²) in [4.78, 5) is 0. The van der Waals surface area contributed by atoms with Gasteiger partial charge in [-0.3, -0.25) is 0 Å². The van der Waals surface area contributed by atoms with Gasteiger partial charge in [0.25, 0.3) is 0 Å². The second-order valence-electron chi connectivity index (χ2n) is 4.73. The van der Waals surface area contributed by atoms with Crippen LogP contribution >= 0.6 is 12.2 Å². The fourth-order valence-electron chi connectivity index (χ4n) is 1.80. The number of rotatable bonds is 5. The Morgan fingerprint density at radius 3 is 2.50 bits per heavy atom. The number of thiocarbonyl (C=S) groups is 1. The summed E-state index contributed by atoms with van der Waals surface area (Å²) in [5.74, 6) is 0. The largest absolute Gasteiger partial charge is 0.362 e. The van der Waals surface area contributed by atoms with Crippen LogP contribution in [0.15, 0.2) is 0 Å². The minimum Gasteiger partial charge on any atom is -0.362 e. The van der Waals surface area contributed by atoms with Gasteiger partial charge in [-0.1, -0.05) is 13.3 Å². The standard InChI is InChI=1S/C11H22N2S/c1-4-5-11(6-7-11)8-12-10(14)13-9(2)3/h9H,4-8H2,1-3H3,(H2,12,13,14). The Bertz CT molecular complexity index is 197. The molecule has 0 saturated heterocycles. The predicted octanol–water partition coefficient (Wildman–Crippen LogP) is 2.44. The van der Waals surface area contributed by atoms with Crippen molar-refractivity contribution in [3.8, 4) is 0 Å². The molecule has 0 heterocycles.